The highest BCUT2D eigenvalue weighted by Gasteiger charge is 2.46. The summed E-state index contributed by atoms with van der Waals surface area (Å²) in [5.74, 6) is 0.0194. The zero-order valence-electron chi connectivity index (χ0n) is 14.7. The van der Waals surface area contributed by atoms with Gasteiger partial charge in [0.1, 0.15) is 6.61 Å². The van der Waals surface area contributed by atoms with E-state index >= 15 is 0 Å². The molecule has 2 aliphatic rings. The number of carbonyl (C=O) groups excluding carboxylic acids is 1. The fourth-order valence-electron chi connectivity index (χ4n) is 3.82. The van der Waals surface area contributed by atoms with Gasteiger partial charge in [0.15, 0.2) is 0 Å². The molecule has 0 aliphatic carbocycles. The van der Waals surface area contributed by atoms with Crippen molar-refractivity contribution >= 4 is 17.2 Å². The molecule has 3 heterocycles. The SMILES string of the molecule is CN(C)C(=O)COC[C@]12CCCO[C@H]1CCN(Cc1cccs1)C2. The van der Waals surface area contributed by atoms with Crippen LogP contribution in [0.3, 0.4) is 0 Å². The van der Waals surface area contributed by atoms with Crippen molar-refractivity contribution in [1.82, 2.24) is 9.80 Å². The first-order valence-electron chi connectivity index (χ1n) is 8.73. The van der Waals surface area contributed by atoms with Crippen molar-refractivity contribution in [2.75, 3.05) is 47.0 Å². The Morgan fingerprint density at radius 1 is 1.54 bits per heavy atom. The summed E-state index contributed by atoms with van der Waals surface area (Å²) in [5, 5.41) is 2.14. The van der Waals surface area contributed by atoms with Crippen molar-refractivity contribution in [2.45, 2.75) is 31.9 Å². The van der Waals surface area contributed by atoms with Gasteiger partial charge in [-0.1, -0.05) is 6.07 Å². The van der Waals surface area contributed by atoms with Crippen LogP contribution >= 0.6 is 11.3 Å². The molecule has 1 aromatic heterocycles. The van der Waals surface area contributed by atoms with Crippen molar-refractivity contribution in [3.63, 3.8) is 0 Å². The topological polar surface area (TPSA) is 42.0 Å². The Kier molecular flexibility index (Phi) is 5.92. The molecule has 1 amide bonds. The molecule has 0 radical (unpaired) electrons. The van der Waals surface area contributed by atoms with Gasteiger partial charge in [-0.2, -0.15) is 0 Å². The number of thiophene rings is 1. The highest BCUT2D eigenvalue weighted by atomic mass is 32.1. The summed E-state index contributed by atoms with van der Waals surface area (Å²) < 4.78 is 11.9. The molecule has 5 nitrogen and oxygen atoms in total. The van der Waals surface area contributed by atoms with E-state index in [2.05, 4.69) is 22.4 Å². The highest BCUT2D eigenvalue weighted by Crippen LogP contribution is 2.41. The smallest absolute Gasteiger partial charge is 0.248 e. The fourth-order valence-corrected chi connectivity index (χ4v) is 4.57. The molecule has 2 saturated heterocycles. The average molecular weight is 352 g/mol. The number of nitrogens with zero attached hydrogens (tertiary/aromatic N) is 2. The second-order valence-corrected chi connectivity index (χ2v) is 8.22. The first kappa shape index (κ1) is 17.9. The van der Waals surface area contributed by atoms with Gasteiger partial charge in [0.25, 0.3) is 0 Å². The van der Waals surface area contributed by atoms with Gasteiger partial charge in [0.05, 0.1) is 12.7 Å². The van der Waals surface area contributed by atoms with Crippen LogP contribution in [0.25, 0.3) is 0 Å². The number of carbonyl (C=O) groups is 1. The van der Waals surface area contributed by atoms with Crippen LogP contribution in [-0.2, 0) is 20.8 Å². The van der Waals surface area contributed by atoms with Crippen molar-refractivity contribution in [2.24, 2.45) is 5.41 Å². The minimum Gasteiger partial charge on any atom is -0.377 e. The molecule has 0 aromatic carbocycles. The molecule has 134 valence electrons. The van der Waals surface area contributed by atoms with Gasteiger partial charge in [0, 0.05) is 50.6 Å². The van der Waals surface area contributed by atoms with E-state index in [0.717, 1.165) is 45.5 Å². The van der Waals surface area contributed by atoms with Crippen LogP contribution in [0.15, 0.2) is 17.5 Å². The van der Waals surface area contributed by atoms with Crippen LogP contribution in [0.4, 0.5) is 0 Å². The molecule has 2 fully saturated rings. The first-order valence-corrected chi connectivity index (χ1v) is 9.61. The summed E-state index contributed by atoms with van der Waals surface area (Å²) in [5.41, 5.74) is 0.0281. The first-order chi connectivity index (χ1) is 11.6. The molecule has 0 unspecified atom stereocenters. The van der Waals surface area contributed by atoms with Crippen LogP contribution in [0.5, 0.6) is 0 Å². The van der Waals surface area contributed by atoms with E-state index in [9.17, 15) is 4.79 Å². The van der Waals surface area contributed by atoms with Gasteiger partial charge >= 0.3 is 0 Å². The second kappa shape index (κ2) is 7.95. The maximum Gasteiger partial charge on any atom is 0.248 e. The summed E-state index contributed by atoms with van der Waals surface area (Å²) in [6.45, 7) is 4.69. The molecule has 0 spiro atoms. The molecule has 24 heavy (non-hydrogen) atoms. The number of hydrogen-bond donors (Lipinski definition) is 0. The van der Waals surface area contributed by atoms with Gasteiger partial charge in [-0.15, -0.1) is 11.3 Å². The number of rotatable bonds is 6. The van der Waals surface area contributed by atoms with Crippen molar-refractivity contribution in [3.05, 3.63) is 22.4 Å². The van der Waals surface area contributed by atoms with E-state index in [1.807, 2.05) is 11.3 Å². The molecule has 2 aliphatic heterocycles. The van der Waals surface area contributed by atoms with E-state index < -0.39 is 0 Å². The fraction of sp³-hybridized carbons (Fsp3) is 0.722. The molecule has 3 rings (SSSR count). The largest absolute Gasteiger partial charge is 0.377 e. The van der Waals surface area contributed by atoms with E-state index in [4.69, 9.17) is 9.47 Å². The summed E-state index contributed by atoms with van der Waals surface area (Å²) in [6, 6.07) is 4.31. The minimum absolute atomic E-state index is 0.0194. The van der Waals surface area contributed by atoms with Crippen molar-refractivity contribution in [1.29, 1.82) is 0 Å². The van der Waals surface area contributed by atoms with Gasteiger partial charge in [-0.25, -0.2) is 0 Å². The molecule has 0 saturated carbocycles. The van der Waals surface area contributed by atoms with E-state index in [0.29, 0.717) is 6.61 Å². The quantitative estimate of drug-likeness (QED) is 0.787. The van der Waals surface area contributed by atoms with E-state index in [1.54, 1.807) is 19.0 Å². The van der Waals surface area contributed by atoms with Gasteiger partial charge in [0.2, 0.25) is 5.91 Å². The van der Waals surface area contributed by atoms with Crippen LogP contribution in [-0.4, -0.2) is 68.8 Å². The molecular formula is C18H28N2O3S. The number of hydrogen-bond acceptors (Lipinski definition) is 5. The van der Waals surface area contributed by atoms with Gasteiger partial charge < -0.3 is 14.4 Å². The summed E-state index contributed by atoms with van der Waals surface area (Å²) in [6.07, 6.45) is 3.51. The number of piperidine rings is 1. The Balaban J connectivity index is 1.62. The Morgan fingerprint density at radius 2 is 2.42 bits per heavy atom. The van der Waals surface area contributed by atoms with Crippen molar-refractivity contribution < 1.29 is 14.3 Å². The second-order valence-electron chi connectivity index (χ2n) is 7.19. The molecule has 1 aromatic rings. The molecule has 2 atom stereocenters. The maximum absolute atomic E-state index is 11.8. The Labute approximate surface area is 148 Å². The lowest BCUT2D eigenvalue weighted by Gasteiger charge is -2.50. The number of likely N-dealkylation sites (tertiary alicyclic amines) is 1. The lowest BCUT2D eigenvalue weighted by atomic mass is 9.73. The van der Waals surface area contributed by atoms with Crippen LogP contribution in [0, 0.1) is 5.41 Å². The third kappa shape index (κ3) is 4.17. The van der Waals surface area contributed by atoms with Crippen LogP contribution in [0.2, 0.25) is 0 Å². The van der Waals surface area contributed by atoms with Crippen molar-refractivity contribution in [3.8, 4) is 0 Å². The standard InChI is InChI=1S/C18H28N2O3S/c1-19(2)17(21)12-22-14-18-7-4-9-23-16(18)6-8-20(13-18)11-15-5-3-10-24-15/h3,5,10,16H,4,6-9,11-14H2,1-2H3/t16-,18+/m0/s1. The Morgan fingerprint density at radius 3 is 3.17 bits per heavy atom. The lowest BCUT2D eigenvalue weighted by molar-refractivity contribution is -0.160. The lowest BCUT2D eigenvalue weighted by Crippen LogP contribution is -2.56. The zero-order chi connectivity index (χ0) is 17.0. The number of amides is 1. The molecule has 0 bridgehead atoms. The summed E-state index contributed by atoms with van der Waals surface area (Å²) in [7, 11) is 3.53. The monoisotopic (exact) mass is 352 g/mol. The number of likely N-dealkylation sites (N-methyl/N-ethyl adjacent to an activating group) is 1. The Bertz CT molecular complexity index is 534. The number of fused-ring (bicyclic) bond motifs is 1. The average Bonchev–Trinajstić information content (AvgIpc) is 3.07. The maximum atomic E-state index is 11.8. The van der Waals surface area contributed by atoms with Gasteiger partial charge in [-0.05, 0) is 30.7 Å². The molecule has 6 heteroatoms. The predicted molar refractivity (Wildman–Crippen MR) is 95.1 cm³/mol. The highest BCUT2D eigenvalue weighted by molar-refractivity contribution is 7.09. The van der Waals surface area contributed by atoms with Crippen LogP contribution in [0.1, 0.15) is 24.1 Å². The zero-order valence-corrected chi connectivity index (χ0v) is 15.5. The summed E-state index contributed by atoms with van der Waals surface area (Å²) >= 11 is 1.82. The van der Waals surface area contributed by atoms with E-state index in [1.165, 1.54) is 4.88 Å². The third-order valence-corrected chi connectivity index (χ3v) is 6.00. The number of ether oxygens (including phenoxy) is 2. The predicted octanol–water partition coefficient (Wildman–Crippen LogP) is 2.22. The Hall–Kier alpha value is -0.950. The van der Waals surface area contributed by atoms with Crippen LogP contribution < -0.4 is 0 Å². The third-order valence-electron chi connectivity index (χ3n) is 5.14. The minimum atomic E-state index is 0.0194. The van der Waals surface area contributed by atoms with E-state index in [-0.39, 0.29) is 24.0 Å². The molecular weight excluding hydrogens is 324 g/mol. The summed E-state index contributed by atoms with van der Waals surface area (Å²) in [4.78, 5) is 17.3. The van der Waals surface area contributed by atoms with Gasteiger partial charge in [-0.3, -0.25) is 9.69 Å². The normalized spacial score (nSPS) is 27.7. The molecule has 0 N–H and O–H groups in total.